The highest BCUT2D eigenvalue weighted by atomic mass is 79.9. The number of imide groups is 1. The van der Waals surface area contributed by atoms with E-state index in [-0.39, 0.29) is 18.5 Å². The molecule has 1 atom stereocenters. The maximum Gasteiger partial charge on any atom is 0.325 e. The third kappa shape index (κ3) is 2.16. The molecule has 0 saturated carbocycles. The molecule has 1 aromatic rings. The van der Waals surface area contributed by atoms with Crippen molar-refractivity contribution in [2.75, 3.05) is 0 Å². The van der Waals surface area contributed by atoms with Gasteiger partial charge in [-0.05, 0) is 36.2 Å². The van der Waals surface area contributed by atoms with Crippen LogP contribution in [-0.4, -0.2) is 32.2 Å². The molecule has 2 rings (SSSR count). The van der Waals surface area contributed by atoms with Crippen molar-refractivity contribution < 1.29 is 9.59 Å². The molecule has 3 amide bonds. The number of amides is 3. The fourth-order valence-corrected chi connectivity index (χ4v) is 2.59. The van der Waals surface area contributed by atoms with Crippen molar-refractivity contribution in [3.8, 4) is 0 Å². The van der Waals surface area contributed by atoms with E-state index in [1.54, 1.807) is 18.7 Å². The zero-order valence-corrected chi connectivity index (χ0v) is 13.0. The number of aryl methyl sites for hydroxylation is 2. The number of aromatic nitrogens is 2. The quantitative estimate of drug-likeness (QED) is 0.859. The van der Waals surface area contributed by atoms with Crippen LogP contribution in [0.5, 0.6) is 0 Å². The van der Waals surface area contributed by atoms with Crippen LogP contribution in [0.25, 0.3) is 0 Å². The van der Waals surface area contributed by atoms with E-state index in [1.807, 2.05) is 13.8 Å². The summed E-state index contributed by atoms with van der Waals surface area (Å²) in [6, 6.07) is -0.347. The first kappa shape index (κ1) is 14.0. The summed E-state index contributed by atoms with van der Waals surface area (Å²) < 4.78 is 2.52. The van der Waals surface area contributed by atoms with Gasteiger partial charge in [0.05, 0.1) is 22.4 Å². The molecule has 1 aliphatic heterocycles. The van der Waals surface area contributed by atoms with Crippen LogP contribution >= 0.6 is 15.9 Å². The Morgan fingerprint density at radius 2 is 2.05 bits per heavy atom. The smallest absolute Gasteiger partial charge is 0.323 e. The normalized spacial score (nSPS) is 23.1. The Kier molecular flexibility index (Phi) is 3.42. The number of halogens is 1. The predicted molar refractivity (Wildman–Crippen MR) is 73.4 cm³/mol. The van der Waals surface area contributed by atoms with Gasteiger partial charge in [-0.1, -0.05) is 6.92 Å². The van der Waals surface area contributed by atoms with E-state index in [4.69, 9.17) is 0 Å². The summed E-state index contributed by atoms with van der Waals surface area (Å²) >= 11 is 3.44. The van der Waals surface area contributed by atoms with Gasteiger partial charge in [-0.2, -0.15) is 5.10 Å². The molecule has 0 aliphatic carbocycles. The fourth-order valence-electron chi connectivity index (χ4n) is 2.13. The number of nitrogens with zero attached hydrogens (tertiary/aromatic N) is 3. The monoisotopic (exact) mass is 328 g/mol. The van der Waals surface area contributed by atoms with Gasteiger partial charge in [0, 0.05) is 7.05 Å². The highest BCUT2D eigenvalue weighted by Gasteiger charge is 2.46. The number of hydrogen-bond acceptors (Lipinski definition) is 3. The molecule has 19 heavy (non-hydrogen) atoms. The molecule has 1 unspecified atom stereocenters. The molecule has 1 aliphatic rings. The maximum absolute atomic E-state index is 12.3. The predicted octanol–water partition coefficient (Wildman–Crippen LogP) is 1.71. The summed E-state index contributed by atoms with van der Waals surface area (Å²) in [5.74, 6) is -0.189. The van der Waals surface area contributed by atoms with Crippen molar-refractivity contribution in [2.24, 2.45) is 7.05 Å². The van der Waals surface area contributed by atoms with Gasteiger partial charge < -0.3 is 5.32 Å². The van der Waals surface area contributed by atoms with Gasteiger partial charge in [0.25, 0.3) is 5.91 Å². The molecule has 104 valence electrons. The minimum Gasteiger partial charge on any atom is -0.323 e. The Morgan fingerprint density at radius 3 is 2.47 bits per heavy atom. The lowest BCUT2D eigenvalue weighted by atomic mass is 9.99. The molecular formula is C12H17BrN4O2. The molecule has 7 heteroatoms. The van der Waals surface area contributed by atoms with Crippen LogP contribution in [0.3, 0.4) is 0 Å². The van der Waals surface area contributed by atoms with Gasteiger partial charge in [-0.3, -0.25) is 14.4 Å². The average molecular weight is 329 g/mol. The van der Waals surface area contributed by atoms with Crippen molar-refractivity contribution in [1.82, 2.24) is 20.0 Å². The summed E-state index contributed by atoms with van der Waals surface area (Å²) in [4.78, 5) is 25.5. The average Bonchev–Trinajstić information content (AvgIpc) is 2.71. The van der Waals surface area contributed by atoms with Crippen LogP contribution < -0.4 is 5.32 Å². The van der Waals surface area contributed by atoms with E-state index in [2.05, 4.69) is 26.3 Å². The zero-order valence-electron chi connectivity index (χ0n) is 11.5. The SMILES string of the molecule is CCC1(C)NC(=O)N(Cc2c(Br)c(C)nn2C)C1=O. The number of hydrogen-bond donors (Lipinski definition) is 1. The summed E-state index contributed by atoms with van der Waals surface area (Å²) in [5.41, 5.74) is 0.848. The van der Waals surface area contributed by atoms with Crippen LogP contribution in [0.15, 0.2) is 4.47 Å². The Bertz CT molecular complexity index is 554. The molecule has 6 nitrogen and oxygen atoms in total. The van der Waals surface area contributed by atoms with Gasteiger partial charge >= 0.3 is 6.03 Å². The lowest BCUT2D eigenvalue weighted by Crippen LogP contribution is -2.43. The zero-order chi connectivity index (χ0) is 14.4. The number of urea groups is 1. The topological polar surface area (TPSA) is 67.2 Å². The van der Waals surface area contributed by atoms with E-state index >= 15 is 0 Å². The Labute approximate surface area is 120 Å². The second kappa shape index (κ2) is 4.63. The Balaban J connectivity index is 2.29. The van der Waals surface area contributed by atoms with Gasteiger partial charge in [-0.15, -0.1) is 0 Å². The van der Waals surface area contributed by atoms with Crippen LogP contribution in [0.2, 0.25) is 0 Å². The van der Waals surface area contributed by atoms with Crippen LogP contribution in [0.1, 0.15) is 31.7 Å². The molecule has 1 N–H and O–H groups in total. The molecule has 2 heterocycles. The van der Waals surface area contributed by atoms with Crippen molar-refractivity contribution in [2.45, 2.75) is 39.3 Å². The molecule has 1 aromatic heterocycles. The molecule has 0 aromatic carbocycles. The third-order valence-corrected chi connectivity index (χ3v) is 4.65. The lowest BCUT2D eigenvalue weighted by molar-refractivity contribution is -0.131. The molecular weight excluding hydrogens is 312 g/mol. The lowest BCUT2D eigenvalue weighted by Gasteiger charge is -2.19. The van der Waals surface area contributed by atoms with Crippen molar-refractivity contribution in [3.05, 3.63) is 15.9 Å². The van der Waals surface area contributed by atoms with Gasteiger partial charge in [-0.25, -0.2) is 4.79 Å². The van der Waals surface area contributed by atoms with Crippen molar-refractivity contribution >= 4 is 27.9 Å². The van der Waals surface area contributed by atoms with Crippen molar-refractivity contribution in [3.63, 3.8) is 0 Å². The number of carbonyl (C=O) groups excluding carboxylic acids is 2. The van der Waals surface area contributed by atoms with Crippen LogP contribution in [-0.2, 0) is 18.4 Å². The summed E-state index contributed by atoms with van der Waals surface area (Å²) in [6.45, 7) is 5.72. The first-order chi connectivity index (χ1) is 8.80. The van der Waals surface area contributed by atoms with E-state index in [1.165, 1.54) is 4.90 Å². The maximum atomic E-state index is 12.3. The fraction of sp³-hybridized carbons (Fsp3) is 0.583. The van der Waals surface area contributed by atoms with Gasteiger partial charge in [0.15, 0.2) is 0 Å². The van der Waals surface area contributed by atoms with Crippen molar-refractivity contribution in [1.29, 1.82) is 0 Å². The minimum atomic E-state index is -0.794. The van der Waals surface area contributed by atoms with Crippen LogP contribution in [0, 0.1) is 6.92 Å². The summed E-state index contributed by atoms with van der Waals surface area (Å²) in [5, 5.41) is 7.00. The van der Waals surface area contributed by atoms with E-state index in [0.29, 0.717) is 6.42 Å². The summed E-state index contributed by atoms with van der Waals surface area (Å²) in [6.07, 6.45) is 0.569. The highest BCUT2D eigenvalue weighted by Crippen LogP contribution is 2.26. The van der Waals surface area contributed by atoms with Gasteiger partial charge in [0.2, 0.25) is 0 Å². The van der Waals surface area contributed by atoms with E-state index < -0.39 is 5.54 Å². The molecule has 0 radical (unpaired) electrons. The standard InChI is InChI=1S/C12H17BrN4O2/c1-5-12(3)10(18)17(11(19)14-12)6-8-9(13)7(2)15-16(8)4/h5-6H2,1-4H3,(H,14,19). The number of rotatable bonds is 3. The number of nitrogens with one attached hydrogen (secondary N) is 1. The summed E-state index contributed by atoms with van der Waals surface area (Å²) in [7, 11) is 1.80. The first-order valence-electron chi connectivity index (χ1n) is 6.12. The van der Waals surface area contributed by atoms with Crippen LogP contribution in [0.4, 0.5) is 4.79 Å². The second-order valence-corrected chi connectivity index (χ2v) is 5.77. The minimum absolute atomic E-state index is 0.189. The molecule has 0 spiro atoms. The Hall–Kier alpha value is -1.37. The molecule has 1 fully saturated rings. The van der Waals surface area contributed by atoms with Gasteiger partial charge in [0.1, 0.15) is 5.54 Å². The molecule has 0 bridgehead atoms. The van der Waals surface area contributed by atoms with E-state index in [9.17, 15) is 9.59 Å². The number of carbonyl (C=O) groups is 2. The highest BCUT2D eigenvalue weighted by molar-refractivity contribution is 9.10. The largest absolute Gasteiger partial charge is 0.325 e. The molecule has 1 saturated heterocycles. The van der Waals surface area contributed by atoms with E-state index in [0.717, 1.165) is 15.9 Å². The first-order valence-corrected chi connectivity index (χ1v) is 6.91. The second-order valence-electron chi connectivity index (χ2n) is 4.98. The third-order valence-electron chi connectivity index (χ3n) is 3.62. The Morgan fingerprint density at radius 1 is 1.42 bits per heavy atom.